The molecule has 0 amide bonds. The first-order valence-corrected chi connectivity index (χ1v) is 11.7. The molecule has 0 N–H and O–H groups in total. The minimum absolute atomic E-state index is 0. The van der Waals surface area contributed by atoms with Gasteiger partial charge in [-0.3, -0.25) is 5.01 Å². The third-order valence-electron chi connectivity index (χ3n) is 6.54. The van der Waals surface area contributed by atoms with Crippen LogP contribution in [0.25, 0.3) is 6.08 Å². The van der Waals surface area contributed by atoms with Crippen LogP contribution in [0.2, 0.25) is 0 Å². The van der Waals surface area contributed by atoms with Crippen LogP contribution in [-0.4, -0.2) is 42.3 Å². The number of likely N-dealkylation sites (N-methyl/N-ethyl adjacent to an activating group) is 1. The minimum atomic E-state index is 0. The summed E-state index contributed by atoms with van der Waals surface area (Å²) in [6, 6.07) is 32.7. The van der Waals surface area contributed by atoms with Gasteiger partial charge in [0.15, 0.2) is 0 Å². The topological polar surface area (TPSA) is 18.8 Å². The van der Waals surface area contributed by atoms with Crippen LogP contribution in [-0.2, 0) is 6.42 Å². The number of hydrogen-bond donors (Lipinski definition) is 0. The van der Waals surface area contributed by atoms with Crippen LogP contribution in [0.3, 0.4) is 0 Å². The van der Waals surface area contributed by atoms with E-state index in [0.29, 0.717) is 12.0 Å². The summed E-state index contributed by atoms with van der Waals surface area (Å²) < 4.78 is 0. The number of hydrogen-bond acceptors (Lipinski definition) is 3. The zero-order valence-electron chi connectivity index (χ0n) is 19.2. The van der Waals surface area contributed by atoms with Crippen molar-refractivity contribution in [1.82, 2.24) is 9.91 Å². The monoisotopic (exact) mass is 457 g/mol. The van der Waals surface area contributed by atoms with E-state index in [4.69, 9.17) is 5.10 Å². The van der Waals surface area contributed by atoms with Gasteiger partial charge < -0.3 is 4.90 Å². The van der Waals surface area contributed by atoms with Crippen molar-refractivity contribution in [2.24, 2.45) is 11.0 Å². The Balaban J connectivity index is 0.00000259. The molecule has 0 aliphatic carbocycles. The second-order valence-electron chi connectivity index (χ2n) is 8.98. The third-order valence-corrected chi connectivity index (χ3v) is 6.54. The smallest absolute Gasteiger partial charge is 0.0816 e. The molecule has 0 spiro atoms. The number of aryl methyl sites for hydroxylation is 1. The van der Waals surface area contributed by atoms with Gasteiger partial charge in [0.25, 0.3) is 0 Å². The highest BCUT2D eigenvalue weighted by Crippen LogP contribution is 2.40. The van der Waals surface area contributed by atoms with E-state index in [1.54, 1.807) is 0 Å². The van der Waals surface area contributed by atoms with Gasteiger partial charge in [-0.15, -0.1) is 12.4 Å². The summed E-state index contributed by atoms with van der Waals surface area (Å²) in [5.41, 5.74) is 6.64. The Bertz CT molecular complexity index is 1080. The Labute approximate surface area is 203 Å². The van der Waals surface area contributed by atoms with Crippen molar-refractivity contribution in [3.63, 3.8) is 0 Å². The zero-order chi connectivity index (χ0) is 21.8. The van der Waals surface area contributed by atoms with E-state index in [1.165, 1.54) is 28.0 Å². The number of nitrogens with zero attached hydrogens (tertiary/aromatic N) is 3. The lowest BCUT2D eigenvalue weighted by Gasteiger charge is -2.34. The van der Waals surface area contributed by atoms with E-state index in [1.807, 2.05) is 0 Å². The van der Waals surface area contributed by atoms with Gasteiger partial charge in [-0.2, -0.15) is 5.10 Å². The number of halogens is 1. The molecule has 1 fully saturated rings. The Morgan fingerprint density at radius 1 is 0.879 bits per heavy atom. The highest BCUT2D eigenvalue weighted by atomic mass is 35.5. The number of benzene rings is 3. The maximum atomic E-state index is 5.27. The summed E-state index contributed by atoms with van der Waals surface area (Å²) in [6.07, 6.45) is 4.52. The highest BCUT2D eigenvalue weighted by Gasteiger charge is 2.42. The van der Waals surface area contributed by atoms with E-state index in [-0.39, 0.29) is 12.4 Å². The first-order valence-electron chi connectivity index (χ1n) is 11.7. The average molecular weight is 458 g/mol. The summed E-state index contributed by atoms with van der Waals surface area (Å²) >= 11 is 0. The molecule has 0 radical (unpaired) electrons. The molecule has 170 valence electrons. The normalized spacial score (nSPS) is 21.4. The highest BCUT2D eigenvalue weighted by molar-refractivity contribution is 6.07. The third kappa shape index (κ3) is 5.38. The molecule has 2 heterocycles. The molecule has 2 aliphatic heterocycles. The second kappa shape index (κ2) is 10.8. The Morgan fingerprint density at radius 3 is 2.21 bits per heavy atom. The first kappa shape index (κ1) is 23.3. The zero-order valence-corrected chi connectivity index (χ0v) is 20.0. The van der Waals surface area contributed by atoms with Crippen molar-refractivity contribution in [3.05, 3.63) is 113 Å². The van der Waals surface area contributed by atoms with Gasteiger partial charge in [0.05, 0.1) is 11.8 Å². The van der Waals surface area contributed by atoms with Gasteiger partial charge in [0.1, 0.15) is 0 Å². The average Bonchev–Trinajstić information content (AvgIpc) is 3.19. The predicted octanol–water partition coefficient (Wildman–Crippen LogP) is 6.10. The molecule has 4 heteroatoms. The Hall–Kier alpha value is -2.88. The van der Waals surface area contributed by atoms with Crippen molar-refractivity contribution in [1.29, 1.82) is 0 Å². The molecule has 5 rings (SSSR count). The van der Waals surface area contributed by atoms with Crippen molar-refractivity contribution < 1.29 is 0 Å². The molecule has 2 atom stereocenters. The molecular formula is C29H32ClN3. The number of hydrazone groups is 1. The van der Waals surface area contributed by atoms with Crippen molar-refractivity contribution in [2.45, 2.75) is 18.9 Å². The molecule has 0 bridgehead atoms. The number of piperidine rings is 1. The molecule has 2 aliphatic rings. The number of likely N-dealkylation sites (tertiary alicyclic amines) is 1. The fraction of sp³-hybridized carbons (Fsp3) is 0.276. The maximum Gasteiger partial charge on any atom is 0.0816 e. The summed E-state index contributed by atoms with van der Waals surface area (Å²) in [5, 5.41) is 7.64. The lowest BCUT2D eigenvalue weighted by molar-refractivity contribution is 0.177. The van der Waals surface area contributed by atoms with Gasteiger partial charge in [0.2, 0.25) is 0 Å². The van der Waals surface area contributed by atoms with Crippen LogP contribution in [0.5, 0.6) is 0 Å². The van der Waals surface area contributed by atoms with Crippen LogP contribution in [0.4, 0.5) is 0 Å². The summed E-state index contributed by atoms with van der Waals surface area (Å²) in [5.74, 6) is 0.392. The van der Waals surface area contributed by atoms with Crippen LogP contribution in [0, 0.1) is 5.92 Å². The Morgan fingerprint density at radius 2 is 1.52 bits per heavy atom. The Kier molecular flexibility index (Phi) is 7.64. The van der Waals surface area contributed by atoms with Crippen LogP contribution < -0.4 is 0 Å². The van der Waals surface area contributed by atoms with Gasteiger partial charge in [-0.05, 0) is 48.2 Å². The first-order chi connectivity index (χ1) is 15.8. The largest absolute Gasteiger partial charge is 0.301 e. The second-order valence-corrected chi connectivity index (χ2v) is 8.98. The van der Waals surface area contributed by atoms with E-state index in [0.717, 1.165) is 32.5 Å². The van der Waals surface area contributed by atoms with Gasteiger partial charge in [-0.1, -0.05) is 91.0 Å². The molecule has 2 unspecified atom stereocenters. The summed E-state index contributed by atoms with van der Waals surface area (Å²) in [6.45, 7) is 2.96. The molecule has 3 aromatic rings. The summed E-state index contributed by atoms with van der Waals surface area (Å²) in [7, 11) is 2.23. The quantitative estimate of drug-likeness (QED) is 0.445. The maximum absolute atomic E-state index is 5.27. The minimum Gasteiger partial charge on any atom is -0.301 e. The fourth-order valence-corrected chi connectivity index (χ4v) is 5.10. The fourth-order valence-electron chi connectivity index (χ4n) is 5.10. The van der Waals surface area contributed by atoms with Gasteiger partial charge in [0, 0.05) is 25.6 Å². The van der Waals surface area contributed by atoms with Crippen LogP contribution >= 0.6 is 12.4 Å². The van der Waals surface area contributed by atoms with Crippen molar-refractivity contribution in [3.8, 4) is 0 Å². The van der Waals surface area contributed by atoms with Crippen LogP contribution in [0.15, 0.2) is 102 Å². The molecule has 3 aromatic carbocycles. The molecular weight excluding hydrogens is 426 g/mol. The molecule has 1 saturated heterocycles. The van der Waals surface area contributed by atoms with E-state index in [2.05, 4.69) is 114 Å². The van der Waals surface area contributed by atoms with Crippen molar-refractivity contribution in [2.75, 3.05) is 26.7 Å². The van der Waals surface area contributed by atoms with E-state index >= 15 is 0 Å². The van der Waals surface area contributed by atoms with E-state index in [9.17, 15) is 0 Å². The molecule has 0 saturated carbocycles. The number of fused-ring (bicyclic) bond motifs is 1. The lowest BCUT2D eigenvalue weighted by atomic mass is 9.83. The predicted molar refractivity (Wildman–Crippen MR) is 141 cm³/mol. The molecule has 0 aromatic heterocycles. The lowest BCUT2D eigenvalue weighted by Crippen LogP contribution is -2.41. The standard InChI is InChI=1S/C29H31N3.ClH/c1-31-21-26(20-24-14-7-3-8-15-24)28-27(22-31)29(25-17-9-4-10-18-25)32(30-28)19-11-16-23-12-5-2-6-13-23;/h2-10,12-15,17-18,20,27,29H,11,16,19,21-22H2,1H3;1H/b26-20+;. The van der Waals surface area contributed by atoms with Gasteiger partial charge >= 0.3 is 0 Å². The van der Waals surface area contributed by atoms with Gasteiger partial charge in [-0.25, -0.2) is 0 Å². The summed E-state index contributed by atoms with van der Waals surface area (Å²) in [4.78, 5) is 2.45. The number of rotatable bonds is 6. The van der Waals surface area contributed by atoms with Crippen molar-refractivity contribution >= 4 is 24.2 Å². The molecule has 3 nitrogen and oxygen atoms in total. The van der Waals surface area contributed by atoms with Crippen LogP contribution in [0.1, 0.15) is 29.2 Å². The van der Waals surface area contributed by atoms with E-state index < -0.39 is 0 Å². The molecule has 33 heavy (non-hydrogen) atoms. The SMILES string of the molecule is CN1C/C(=C\c2ccccc2)C2=NN(CCCc3ccccc3)C(c3ccccc3)C2C1.Cl.